The van der Waals surface area contributed by atoms with Gasteiger partial charge in [-0.2, -0.15) is 0 Å². The molecule has 2 fully saturated rings. The van der Waals surface area contributed by atoms with Gasteiger partial charge in [-0.25, -0.2) is 13.7 Å². The molecule has 2 N–H and O–H groups in total. The van der Waals surface area contributed by atoms with Crippen molar-refractivity contribution in [2.24, 2.45) is 5.73 Å². The summed E-state index contributed by atoms with van der Waals surface area (Å²) in [7, 11) is 0. The number of benzene rings is 3. The summed E-state index contributed by atoms with van der Waals surface area (Å²) < 4.78 is 37.3. The smallest absolute Gasteiger partial charge is 0.325 e. The lowest BCUT2D eigenvalue weighted by Gasteiger charge is -2.45. The van der Waals surface area contributed by atoms with E-state index in [1.165, 1.54) is 18.2 Å². The van der Waals surface area contributed by atoms with Gasteiger partial charge in [-0.1, -0.05) is 85.6 Å². The lowest BCUT2D eigenvalue weighted by Crippen LogP contribution is -2.57. The van der Waals surface area contributed by atoms with E-state index in [0.717, 1.165) is 5.56 Å². The standard InChI is InChI=1S/C30H30Cl2F2N2O2/c1-28(2,17-9-6-5-7-10-17)16-23-30(35,20-14-13-18(31)15-22(20)33)24(19-11-8-12-21(32)25(19)34)26-27(37)38-29(3,4)36(23)26/h5-15,23-24,26H,16,35H2,1-4H3/t23-,24-,26+,30+/m0/s1. The fourth-order valence-electron chi connectivity index (χ4n) is 6.51. The van der Waals surface area contributed by atoms with Gasteiger partial charge >= 0.3 is 5.97 Å². The Labute approximate surface area is 231 Å². The van der Waals surface area contributed by atoms with Crippen molar-refractivity contribution in [3.63, 3.8) is 0 Å². The second kappa shape index (κ2) is 9.30. The predicted octanol–water partition coefficient (Wildman–Crippen LogP) is 6.92. The highest BCUT2D eigenvalue weighted by Gasteiger charge is 2.69. The van der Waals surface area contributed by atoms with E-state index in [9.17, 15) is 4.79 Å². The van der Waals surface area contributed by atoms with Gasteiger partial charge in [0.25, 0.3) is 0 Å². The van der Waals surface area contributed by atoms with Crippen LogP contribution in [0.25, 0.3) is 0 Å². The van der Waals surface area contributed by atoms with Gasteiger partial charge in [0.2, 0.25) is 0 Å². The Morgan fingerprint density at radius 1 is 1.03 bits per heavy atom. The van der Waals surface area contributed by atoms with Crippen molar-refractivity contribution >= 4 is 29.2 Å². The molecule has 0 aliphatic carbocycles. The Bertz CT molecular complexity index is 1400. The summed E-state index contributed by atoms with van der Waals surface area (Å²) in [5.74, 6) is -2.85. The number of nitrogens with two attached hydrogens (primary N) is 1. The number of rotatable bonds is 5. The van der Waals surface area contributed by atoms with Gasteiger partial charge < -0.3 is 10.5 Å². The molecule has 0 spiro atoms. The van der Waals surface area contributed by atoms with Crippen molar-refractivity contribution in [1.82, 2.24) is 4.90 Å². The minimum atomic E-state index is -1.55. The minimum absolute atomic E-state index is 0.105. The van der Waals surface area contributed by atoms with Crippen LogP contribution >= 0.6 is 23.2 Å². The zero-order valence-corrected chi connectivity index (χ0v) is 23.2. The second-order valence-electron chi connectivity index (χ2n) is 11.4. The zero-order valence-electron chi connectivity index (χ0n) is 21.6. The van der Waals surface area contributed by atoms with E-state index >= 15 is 8.78 Å². The quantitative estimate of drug-likeness (QED) is 0.345. The van der Waals surface area contributed by atoms with Gasteiger partial charge in [-0.15, -0.1) is 0 Å². The number of hydrogen-bond donors (Lipinski definition) is 1. The number of carbonyl (C=O) groups is 1. The van der Waals surface area contributed by atoms with Crippen LogP contribution in [0.2, 0.25) is 10.0 Å². The zero-order chi connectivity index (χ0) is 27.6. The van der Waals surface area contributed by atoms with Crippen LogP contribution in [0.5, 0.6) is 0 Å². The lowest BCUT2D eigenvalue weighted by molar-refractivity contribution is -0.152. The molecule has 3 aromatic rings. The number of esters is 1. The van der Waals surface area contributed by atoms with Gasteiger partial charge in [0.05, 0.1) is 10.6 Å². The third kappa shape index (κ3) is 4.13. The summed E-state index contributed by atoms with van der Waals surface area (Å²) in [6.07, 6.45) is 0.421. The first-order chi connectivity index (χ1) is 17.8. The Balaban J connectivity index is 1.80. The third-order valence-electron chi connectivity index (χ3n) is 8.20. The molecule has 0 unspecified atom stereocenters. The van der Waals surface area contributed by atoms with Crippen LogP contribution < -0.4 is 5.73 Å². The maximum atomic E-state index is 15.8. The summed E-state index contributed by atoms with van der Waals surface area (Å²) in [6.45, 7) is 7.72. The molecule has 0 bridgehead atoms. The largest absolute Gasteiger partial charge is 0.443 e. The molecule has 2 heterocycles. The molecule has 8 heteroatoms. The summed E-state index contributed by atoms with van der Waals surface area (Å²) >= 11 is 12.3. The highest BCUT2D eigenvalue weighted by Crippen LogP contribution is 2.58. The van der Waals surface area contributed by atoms with Crippen LogP contribution in [0.15, 0.2) is 66.7 Å². The third-order valence-corrected chi connectivity index (χ3v) is 8.73. The maximum Gasteiger partial charge on any atom is 0.325 e. The molecule has 4 nitrogen and oxygen atoms in total. The van der Waals surface area contributed by atoms with Gasteiger partial charge in [0.15, 0.2) is 5.72 Å². The number of fused-ring (bicyclic) bond motifs is 1. The molecule has 2 saturated heterocycles. The van der Waals surface area contributed by atoms with Crippen LogP contribution in [-0.2, 0) is 20.5 Å². The summed E-state index contributed by atoms with van der Waals surface area (Å²) in [6, 6.07) is 17.2. The molecular weight excluding hydrogens is 529 g/mol. The van der Waals surface area contributed by atoms with Crippen LogP contribution in [0, 0.1) is 11.6 Å². The molecule has 2 aliphatic rings. The van der Waals surface area contributed by atoms with E-state index in [2.05, 4.69) is 13.8 Å². The molecule has 38 heavy (non-hydrogen) atoms. The van der Waals surface area contributed by atoms with Gasteiger partial charge in [0, 0.05) is 22.5 Å². The SMILES string of the molecule is CC(C)(C[C@@H]1N2[C@@H](C(=O)OC2(C)C)[C@H](c2cccc(Cl)c2F)[C@@]1(N)c1ccc(Cl)cc1F)c1ccccc1. The molecule has 5 rings (SSSR count). The summed E-state index contributed by atoms with van der Waals surface area (Å²) in [5.41, 5.74) is 5.66. The predicted molar refractivity (Wildman–Crippen MR) is 145 cm³/mol. The number of cyclic esters (lactones) is 1. The Morgan fingerprint density at radius 2 is 1.71 bits per heavy atom. The average molecular weight is 559 g/mol. The molecular formula is C30H30Cl2F2N2O2. The van der Waals surface area contributed by atoms with E-state index in [1.807, 2.05) is 35.2 Å². The number of ether oxygens (including phenoxy) is 1. The van der Waals surface area contributed by atoms with Crippen molar-refractivity contribution in [1.29, 1.82) is 0 Å². The second-order valence-corrected chi connectivity index (χ2v) is 12.2. The van der Waals surface area contributed by atoms with Crippen molar-refractivity contribution in [3.8, 4) is 0 Å². The highest BCUT2D eigenvalue weighted by atomic mass is 35.5. The molecule has 0 radical (unpaired) electrons. The number of carbonyl (C=O) groups excluding carboxylic acids is 1. The minimum Gasteiger partial charge on any atom is -0.443 e. The van der Waals surface area contributed by atoms with E-state index in [0.29, 0.717) is 6.42 Å². The summed E-state index contributed by atoms with van der Waals surface area (Å²) in [4.78, 5) is 15.4. The number of nitrogens with zero attached hydrogens (tertiary/aromatic N) is 1. The van der Waals surface area contributed by atoms with Gasteiger partial charge in [0.1, 0.15) is 17.7 Å². The molecule has 4 atom stereocenters. The highest BCUT2D eigenvalue weighted by molar-refractivity contribution is 6.31. The average Bonchev–Trinajstić information content (AvgIpc) is 3.24. The Kier molecular flexibility index (Phi) is 6.63. The van der Waals surface area contributed by atoms with Crippen LogP contribution in [0.1, 0.15) is 56.7 Å². The Hall–Kier alpha value is -2.51. The van der Waals surface area contributed by atoms with Crippen LogP contribution in [-0.4, -0.2) is 28.7 Å². The van der Waals surface area contributed by atoms with E-state index < -0.39 is 52.3 Å². The van der Waals surface area contributed by atoms with E-state index in [1.54, 1.807) is 32.0 Å². The first kappa shape index (κ1) is 27.1. The van der Waals surface area contributed by atoms with Crippen molar-refractivity contribution in [2.75, 3.05) is 0 Å². The number of hydrogen-bond acceptors (Lipinski definition) is 4. The summed E-state index contributed by atoms with van der Waals surface area (Å²) in [5, 5.41) is 0.103. The van der Waals surface area contributed by atoms with Crippen LogP contribution in [0.4, 0.5) is 8.78 Å². The van der Waals surface area contributed by atoms with E-state index in [-0.39, 0.29) is 21.2 Å². The molecule has 3 aromatic carbocycles. The van der Waals surface area contributed by atoms with Gasteiger partial charge in [-0.05, 0) is 55.0 Å². The molecule has 2 aliphatic heterocycles. The molecule has 0 saturated carbocycles. The monoisotopic (exact) mass is 558 g/mol. The van der Waals surface area contributed by atoms with Crippen LogP contribution in [0.3, 0.4) is 0 Å². The molecule has 200 valence electrons. The van der Waals surface area contributed by atoms with Crippen molar-refractivity contribution in [2.45, 2.75) is 68.8 Å². The number of halogens is 4. The lowest BCUT2D eigenvalue weighted by atomic mass is 9.67. The maximum absolute atomic E-state index is 15.8. The Morgan fingerprint density at radius 3 is 2.37 bits per heavy atom. The van der Waals surface area contributed by atoms with Gasteiger partial charge in [-0.3, -0.25) is 4.79 Å². The first-order valence-corrected chi connectivity index (χ1v) is 13.3. The van der Waals surface area contributed by atoms with Crippen molar-refractivity contribution in [3.05, 3.63) is 105 Å². The fraction of sp³-hybridized carbons (Fsp3) is 0.367. The molecule has 0 amide bonds. The molecule has 0 aromatic heterocycles. The van der Waals surface area contributed by atoms with Crippen molar-refractivity contribution < 1.29 is 18.3 Å². The first-order valence-electron chi connectivity index (χ1n) is 12.5. The fourth-order valence-corrected chi connectivity index (χ4v) is 6.85. The normalized spacial score (nSPS) is 26.9. The van der Waals surface area contributed by atoms with E-state index in [4.69, 9.17) is 33.7 Å². The topological polar surface area (TPSA) is 55.6 Å².